The summed E-state index contributed by atoms with van der Waals surface area (Å²) >= 11 is 0. The van der Waals surface area contributed by atoms with Crippen LogP contribution >= 0.6 is 0 Å². The number of aromatic nitrogens is 1. The maximum Gasteiger partial charge on any atom is 0.416 e. The van der Waals surface area contributed by atoms with Gasteiger partial charge in [-0.1, -0.05) is 6.07 Å². The molecule has 34 heavy (non-hydrogen) atoms. The van der Waals surface area contributed by atoms with Crippen molar-refractivity contribution in [2.45, 2.75) is 17.6 Å². The van der Waals surface area contributed by atoms with E-state index in [1.165, 1.54) is 6.20 Å². The van der Waals surface area contributed by atoms with Gasteiger partial charge in [-0.3, -0.25) is 25.2 Å². The molecule has 2 aromatic carbocycles. The van der Waals surface area contributed by atoms with Gasteiger partial charge in [0.1, 0.15) is 5.75 Å². The van der Waals surface area contributed by atoms with Crippen LogP contribution in [-0.2, 0) is 22.7 Å². The van der Waals surface area contributed by atoms with Crippen molar-refractivity contribution in [1.82, 2.24) is 9.71 Å². The molecule has 11 nitrogen and oxygen atoms in total. The van der Waals surface area contributed by atoms with Gasteiger partial charge < -0.3 is 4.74 Å². The number of hydrogen-bond donors (Lipinski definition) is 1. The van der Waals surface area contributed by atoms with Crippen molar-refractivity contribution in [1.29, 1.82) is 0 Å². The summed E-state index contributed by atoms with van der Waals surface area (Å²) in [5, 5.41) is 22.6. The van der Waals surface area contributed by atoms with Crippen molar-refractivity contribution in [3.63, 3.8) is 0 Å². The number of nitrogens with zero attached hydrogens (tertiary/aromatic N) is 3. The quantitative estimate of drug-likeness (QED) is 0.358. The minimum atomic E-state index is -5.08. The Balaban J connectivity index is 1.90. The van der Waals surface area contributed by atoms with Crippen LogP contribution in [0.1, 0.15) is 11.3 Å². The van der Waals surface area contributed by atoms with E-state index >= 15 is 0 Å². The zero-order chi connectivity index (χ0) is 25.1. The second kappa shape index (κ2) is 9.40. The Morgan fingerprint density at radius 1 is 0.971 bits per heavy atom. The fourth-order valence-corrected chi connectivity index (χ4v) is 3.70. The molecular formula is C19H13F3N4O7S. The first-order valence-corrected chi connectivity index (χ1v) is 10.6. The van der Waals surface area contributed by atoms with Gasteiger partial charge in [-0.25, -0.2) is 13.1 Å². The summed E-state index contributed by atoms with van der Waals surface area (Å²) in [6.45, 7) is -0.106. The lowest BCUT2D eigenvalue weighted by Gasteiger charge is -2.11. The molecule has 3 rings (SSSR count). The van der Waals surface area contributed by atoms with Crippen LogP contribution in [0.25, 0.3) is 0 Å². The highest BCUT2D eigenvalue weighted by Crippen LogP contribution is 2.44. The largest absolute Gasteiger partial charge is 0.444 e. The van der Waals surface area contributed by atoms with Gasteiger partial charge in [-0.15, -0.1) is 0 Å². The van der Waals surface area contributed by atoms with Crippen LogP contribution in [-0.4, -0.2) is 23.2 Å². The number of nitrogens with one attached hydrogen (secondary N) is 1. The van der Waals surface area contributed by atoms with Crippen molar-refractivity contribution >= 4 is 21.4 Å². The molecule has 3 aromatic rings. The number of benzene rings is 2. The predicted molar refractivity (Wildman–Crippen MR) is 110 cm³/mol. The van der Waals surface area contributed by atoms with Crippen LogP contribution in [0.5, 0.6) is 11.5 Å². The van der Waals surface area contributed by atoms with Gasteiger partial charge >= 0.3 is 17.6 Å². The summed E-state index contributed by atoms with van der Waals surface area (Å²) in [4.78, 5) is 23.8. The third kappa shape index (κ3) is 5.62. The smallest absolute Gasteiger partial charge is 0.416 e. The molecule has 0 aliphatic carbocycles. The van der Waals surface area contributed by atoms with E-state index in [-0.39, 0.29) is 29.3 Å². The number of nitro groups is 2. The summed E-state index contributed by atoms with van der Waals surface area (Å²) in [6, 6.07) is 9.34. The molecule has 0 bridgehead atoms. The van der Waals surface area contributed by atoms with E-state index in [1.807, 2.05) is 0 Å². The Kier molecular flexibility index (Phi) is 6.78. The van der Waals surface area contributed by atoms with Crippen molar-refractivity contribution in [2.24, 2.45) is 0 Å². The molecule has 0 aliphatic heterocycles. The zero-order valence-corrected chi connectivity index (χ0v) is 17.5. The van der Waals surface area contributed by atoms with Crippen LogP contribution in [0, 0.1) is 20.2 Å². The fraction of sp³-hybridized carbons (Fsp3) is 0.105. The molecule has 0 spiro atoms. The Morgan fingerprint density at radius 3 is 2.03 bits per heavy atom. The highest BCUT2D eigenvalue weighted by atomic mass is 32.2. The summed E-state index contributed by atoms with van der Waals surface area (Å²) in [6.07, 6.45) is -3.60. The molecule has 1 aromatic heterocycles. The van der Waals surface area contributed by atoms with Crippen molar-refractivity contribution in [3.05, 3.63) is 92.3 Å². The van der Waals surface area contributed by atoms with E-state index in [1.54, 1.807) is 18.2 Å². The van der Waals surface area contributed by atoms with E-state index in [0.717, 1.165) is 24.3 Å². The number of rotatable bonds is 8. The van der Waals surface area contributed by atoms with Crippen LogP contribution in [0.15, 0.2) is 65.7 Å². The third-order valence-corrected chi connectivity index (χ3v) is 5.71. The van der Waals surface area contributed by atoms with Gasteiger partial charge in [0.05, 0.1) is 32.5 Å². The lowest BCUT2D eigenvalue weighted by atomic mass is 10.1. The molecule has 0 unspecified atom stereocenters. The third-order valence-electron chi connectivity index (χ3n) is 4.29. The monoisotopic (exact) mass is 498 g/mol. The lowest BCUT2D eigenvalue weighted by Crippen LogP contribution is -2.23. The normalized spacial score (nSPS) is 11.7. The zero-order valence-electron chi connectivity index (χ0n) is 16.7. The lowest BCUT2D eigenvalue weighted by molar-refractivity contribution is -0.396. The summed E-state index contributed by atoms with van der Waals surface area (Å²) in [7, 11) is -4.00. The van der Waals surface area contributed by atoms with Crippen LogP contribution in [0.4, 0.5) is 24.5 Å². The molecule has 0 saturated heterocycles. The molecule has 0 aliphatic rings. The Hall–Kier alpha value is -4.11. The first kappa shape index (κ1) is 24.5. The fourth-order valence-electron chi connectivity index (χ4n) is 2.70. The number of nitro benzene ring substituents is 2. The first-order valence-electron chi connectivity index (χ1n) is 9.10. The standard InChI is InChI=1S/C19H13F3N4O7S/c20-19(21,22)12-9-16(25(27)28)18(17(10-12)26(29)30)33-14-4-6-15(7-5-14)34(31,32)24-11-13-3-1-2-8-23-13/h1-10,24H,11H2. The van der Waals surface area contributed by atoms with Gasteiger partial charge in [-0.05, 0) is 36.4 Å². The first-order chi connectivity index (χ1) is 15.9. The van der Waals surface area contributed by atoms with Crippen molar-refractivity contribution in [3.8, 4) is 11.5 Å². The SMILES string of the molecule is O=[N+]([O-])c1cc(C(F)(F)F)cc([N+](=O)[O-])c1Oc1ccc(S(=O)(=O)NCc2ccccn2)cc1. The molecule has 0 atom stereocenters. The molecule has 0 saturated carbocycles. The highest BCUT2D eigenvalue weighted by molar-refractivity contribution is 7.89. The molecular weight excluding hydrogens is 485 g/mol. The van der Waals surface area contributed by atoms with Crippen LogP contribution in [0.2, 0.25) is 0 Å². The average Bonchev–Trinajstić information content (AvgIpc) is 2.78. The molecule has 0 amide bonds. The number of alkyl halides is 3. The molecule has 178 valence electrons. The maximum atomic E-state index is 13.0. The van der Waals surface area contributed by atoms with E-state index in [9.17, 15) is 41.8 Å². The van der Waals surface area contributed by atoms with E-state index < -0.39 is 48.7 Å². The van der Waals surface area contributed by atoms with E-state index in [2.05, 4.69) is 9.71 Å². The van der Waals surface area contributed by atoms with Crippen LogP contribution < -0.4 is 9.46 Å². The summed E-state index contributed by atoms with van der Waals surface area (Å²) in [5.74, 6) is -1.32. The number of pyridine rings is 1. The van der Waals surface area contributed by atoms with Gasteiger partial charge in [0.2, 0.25) is 10.0 Å². The molecule has 1 heterocycles. The minimum absolute atomic E-state index is 0.106. The van der Waals surface area contributed by atoms with Gasteiger partial charge in [0.25, 0.3) is 5.75 Å². The van der Waals surface area contributed by atoms with Gasteiger partial charge in [-0.2, -0.15) is 13.2 Å². The van der Waals surface area contributed by atoms with Gasteiger partial charge in [0.15, 0.2) is 0 Å². The second-order valence-corrected chi connectivity index (χ2v) is 8.34. The van der Waals surface area contributed by atoms with E-state index in [4.69, 9.17) is 4.74 Å². The molecule has 0 radical (unpaired) electrons. The number of hydrogen-bond acceptors (Lipinski definition) is 8. The second-order valence-electron chi connectivity index (χ2n) is 6.57. The van der Waals surface area contributed by atoms with Crippen LogP contribution in [0.3, 0.4) is 0 Å². The summed E-state index contributed by atoms with van der Waals surface area (Å²) < 4.78 is 71.3. The number of sulfonamides is 1. The Morgan fingerprint density at radius 2 is 1.56 bits per heavy atom. The van der Waals surface area contributed by atoms with Crippen molar-refractivity contribution in [2.75, 3.05) is 0 Å². The number of ether oxygens (including phenoxy) is 1. The maximum absolute atomic E-state index is 13.0. The minimum Gasteiger partial charge on any atom is -0.444 e. The molecule has 1 N–H and O–H groups in total. The highest BCUT2D eigenvalue weighted by Gasteiger charge is 2.38. The summed E-state index contributed by atoms with van der Waals surface area (Å²) in [5.41, 5.74) is -3.71. The predicted octanol–water partition coefficient (Wildman–Crippen LogP) is 4.19. The number of halogens is 3. The topological polar surface area (TPSA) is 155 Å². The Labute approximate surface area is 189 Å². The van der Waals surface area contributed by atoms with E-state index in [0.29, 0.717) is 5.69 Å². The van der Waals surface area contributed by atoms with Gasteiger partial charge in [0, 0.05) is 18.3 Å². The molecule has 0 fully saturated rings. The Bertz CT molecular complexity index is 1300. The average molecular weight is 498 g/mol. The van der Waals surface area contributed by atoms with Crippen molar-refractivity contribution < 1.29 is 36.2 Å². The molecule has 15 heteroatoms.